The maximum Gasteiger partial charge on any atom is 0.453 e. The Kier molecular flexibility index (Phi) is 3.96. The van der Waals surface area contributed by atoms with Gasteiger partial charge >= 0.3 is 30.7 Å². The molecule has 0 aliphatic heterocycles. The van der Waals surface area contributed by atoms with Crippen molar-refractivity contribution in [3.8, 4) is 0 Å². The first-order valence-corrected chi connectivity index (χ1v) is 3.37. The molecule has 104 valence electrons. The number of ether oxygens (including phenoxy) is 1. The second kappa shape index (κ2) is 4.15. The molecule has 0 aliphatic carbocycles. The summed E-state index contributed by atoms with van der Waals surface area (Å²) >= 11 is 0. The van der Waals surface area contributed by atoms with Gasteiger partial charge in [-0.25, -0.2) is 8.78 Å². The molecule has 0 amide bonds. The number of alkyl halides is 10. The lowest BCUT2D eigenvalue weighted by Gasteiger charge is -2.34. The minimum absolute atomic E-state index is 1.84. The van der Waals surface area contributed by atoms with Crippen molar-refractivity contribution >= 4 is 0 Å². The van der Waals surface area contributed by atoms with E-state index in [0.29, 0.717) is 0 Å². The zero-order valence-electron chi connectivity index (χ0n) is 7.21. The molecule has 0 aromatic rings. The van der Waals surface area contributed by atoms with Crippen LogP contribution < -0.4 is 0 Å². The molecule has 0 aromatic carbocycles. The largest absolute Gasteiger partial charge is 0.453 e. The minimum Gasteiger partial charge on any atom is -0.351 e. The van der Waals surface area contributed by atoms with Crippen LogP contribution in [0.2, 0.25) is 0 Å². The monoisotopic (exact) mass is 284 g/mol. The van der Waals surface area contributed by atoms with Gasteiger partial charge in [0.25, 0.3) is 0 Å². The van der Waals surface area contributed by atoms with Crippen LogP contribution in [-0.4, -0.2) is 35.8 Å². The summed E-state index contributed by atoms with van der Waals surface area (Å²) in [4.78, 5) is 0. The molecule has 0 fully saturated rings. The van der Waals surface area contributed by atoms with Gasteiger partial charge in [0.15, 0.2) is 0 Å². The van der Waals surface area contributed by atoms with Crippen LogP contribution in [-0.2, 0) is 4.74 Å². The normalized spacial score (nSPS) is 15.5. The highest BCUT2D eigenvalue weighted by Gasteiger charge is 2.76. The van der Waals surface area contributed by atoms with Crippen LogP contribution in [0.4, 0.5) is 43.9 Å². The van der Waals surface area contributed by atoms with E-state index in [1.165, 1.54) is 0 Å². The molecule has 0 aliphatic rings. The second-order valence-electron chi connectivity index (χ2n) is 2.60. The average Bonchev–Trinajstić information content (AvgIpc) is 1.98. The van der Waals surface area contributed by atoms with E-state index in [-0.39, 0.29) is 0 Å². The van der Waals surface area contributed by atoms with Crippen LogP contribution in [0.5, 0.6) is 0 Å². The van der Waals surface area contributed by atoms with Crippen molar-refractivity contribution in [2.45, 2.75) is 30.7 Å². The molecular weight excluding hydrogens is 282 g/mol. The molecule has 0 heterocycles. The first-order valence-electron chi connectivity index (χ1n) is 3.37. The summed E-state index contributed by atoms with van der Waals surface area (Å²) in [6, 6.07) is 0. The molecule has 0 saturated carbocycles. The van der Waals surface area contributed by atoms with Crippen molar-refractivity contribution in [1.82, 2.24) is 0 Å². The Morgan fingerprint density at radius 3 is 1.24 bits per heavy atom. The average molecular weight is 284 g/mol. The maximum absolute atomic E-state index is 12.0. The van der Waals surface area contributed by atoms with E-state index >= 15 is 0 Å². The Hall–Kier alpha value is -0.780. The summed E-state index contributed by atoms with van der Waals surface area (Å²) < 4.78 is 119. The lowest BCUT2D eigenvalue weighted by Crippen LogP contribution is -2.62. The quantitative estimate of drug-likeness (QED) is 0.637. The predicted octanol–water partition coefficient (Wildman–Crippen LogP) is 2.67. The van der Waals surface area contributed by atoms with Crippen molar-refractivity contribution in [3.05, 3.63) is 0 Å². The van der Waals surface area contributed by atoms with E-state index in [1.807, 2.05) is 4.74 Å². The van der Waals surface area contributed by atoms with Crippen molar-refractivity contribution < 1.29 is 53.7 Å². The highest BCUT2D eigenvalue weighted by atomic mass is 19.4. The summed E-state index contributed by atoms with van der Waals surface area (Å²) in [7, 11) is 0. The summed E-state index contributed by atoms with van der Waals surface area (Å²) in [5, 5.41) is 7.98. The molecule has 0 saturated heterocycles. The SMILES string of the molecule is OC(OC(F)(F)C(F)F)(C(F)(F)F)C(F)(F)F. The number of hydrogen-bond acceptors (Lipinski definition) is 2. The zero-order valence-corrected chi connectivity index (χ0v) is 7.21. The molecular formula is C5H2F10O2. The van der Waals surface area contributed by atoms with Crippen molar-refractivity contribution in [3.63, 3.8) is 0 Å². The Balaban J connectivity index is 5.41. The minimum atomic E-state index is -6.77. The van der Waals surface area contributed by atoms with E-state index in [9.17, 15) is 43.9 Å². The van der Waals surface area contributed by atoms with E-state index in [2.05, 4.69) is 0 Å². The number of hydrogen-bond donors (Lipinski definition) is 1. The van der Waals surface area contributed by atoms with Crippen molar-refractivity contribution in [2.24, 2.45) is 0 Å². The van der Waals surface area contributed by atoms with Crippen LogP contribution in [0.25, 0.3) is 0 Å². The molecule has 0 unspecified atom stereocenters. The van der Waals surface area contributed by atoms with Crippen LogP contribution in [0, 0.1) is 0 Å². The maximum atomic E-state index is 12.0. The summed E-state index contributed by atoms with van der Waals surface area (Å²) in [6.07, 6.45) is -24.7. The summed E-state index contributed by atoms with van der Waals surface area (Å²) in [5.74, 6) is -6.39. The van der Waals surface area contributed by atoms with Gasteiger partial charge in [-0.2, -0.15) is 35.1 Å². The van der Waals surface area contributed by atoms with Gasteiger partial charge in [-0.15, -0.1) is 0 Å². The summed E-state index contributed by atoms with van der Waals surface area (Å²) in [6.45, 7) is 0. The molecule has 1 N–H and O–H groups in total. The molecule has 0 aromatic heterocycles. The lowest BCUT2D eigenvalue weighted by molar-refractivity contribution is -0.513. The smallest absolute Gasteiger partial charge is 0.351 e. The third-order valence-electron chi connectivity index (χ3n) is 1.31. The van der Waals surface area contributed by atoms with Gasteiger partial charge in [-0.3, -0.25) is 4.74 Å². The zero-order chi connectivity index (χ0) is 14.3. The standard InChI is InChI=1S/C5H2F10O2/c6-1(7)2(8,9)17-3(16,4(10,11)12)5(13,14)15/h1,16H. The van der Waals surface area contributed by atoms with Crippen LogP contribution in [0.15, 0.2) is 0 Å². The predicted molar refractivity (Wildman–Crippen MR) is 29.1 cm³/mol. The summed E-state index contributed by atoms with van der Waals surface area (Å²) in [5.41, 5.74) is 0. The lowest BCUT2D eigenvalue weighted by atomic mass is 10.2. The Morgan fingerprint density at radius 1 is 0.765 bits per heavy atom. The molecule has 0 rings (SSSR count). The molecule has 2 nitrogen and oxygen atoms in total. The van der Waals surface area contributed by atoms with Gasteiger partial charge in [-0.1, -0.05) is 0 Å². The van der Waals surface area contributed by atoms with Crippen molar-refractivity contribution in [2.75, 3.05) is 0 Å². The van der Waals surface area contributed by atoms with Gasteiger partial charge < -0.3 is 5.11 Å². The molecule has 0 atom stereocenters. The van der Waals surface area contributed by atoms with Crippen LogP contribution >= 0.6 is 0 Å². The van der Waals surface area contributed by atoms with Gasteiger partial charge in [0.1, 0.15) is 0 Å². The molecule has 0 radical (unpaired) electrons. The third kappa shape index (κ3) is 3.12. The number of rotatable bonds is 3. The fraction of sp³-hybridized carbons (Fsp3) is 1.00. The van der Waals surface area contributed by atoms with Crippen molar-refractivity contribution in [1.29, 1.82) is 0 Å². The molecule has 0 bridgehead atoms. The van der Waals surface area contributed by atoms with Crippen LogP contribution in [0.1, 0.15) is 0 Å². The van der Waals surface area contributed by atoms with Gasteiger partial charge in [0.05, 0.1) is 0 Å². The fourth-order valence-electron chi connectivity index (χ4n) is 0.518. The first-order chi connectivity index (χ1) is 7.15. The van der Waals surface area contributed by atoms with Gasteiger partial charge in [0, 0.05) is 0 Å². The third-order valence-corrected chi connectivity index (χ3v) is 1.31. The highest BCUT2D eigenvalue weighted by Crippen LogP contribution is 2.47. The number of halogens is 10. The molecule has 12 heteroatoms. The van der Waals surface area contributed by atoms with E-state index in [1.54, 1.807) is 0 Å². The van der Waals surface area contributed by atoms with E-state index in [0.717, 1.165) is 0 Å². The highest BCUT2D eigenvalue weighted by molar-refractivity contribution is 4.86. The Morgan fingerprint density at radius 2 is 1.06 bits per heavy atom. The van der Waals surface area contributed by atoms with E-state index in [4.69, 9.17) is 5.11 Å². The molecule has 17 heavy (non-hydrogen) atoms. The van der Waals surface area contributed by atoms with Gasteiger partial charge in [-0.05, 0) is 0 Å². The second-order valence-corrected chi connectivity index (χ2v) is 2.60. The Labute approximate surface area is 85.8 Å². The fourth-order valence-corrected chi connectivity index (χ4v) is 0.518. The first kappa shape index (κ1) is 16.2. The van der Waals surface area contributed by atoms with E-state index < -0.39 is 30.7 Å². The Bertz CT molecular complexity index is 251. The van der Waals surface area contributed by atoms with Crippen LogP contribution in [0.3, 0.4) is 0 Å². The number of aliphatic hydroxyl groups is 1. The molecule has 0 spiro atoms. The topological polar surface area (TPSA) is 29.5 Å². The van der Waals surface area contributed by atoms with Gasteiger partial charge in [0.2, 0.25) is 0 Å².